The zero-order valence-electron chi connectivity index (χ0n) is 36.4. The van der Waals surface area contributed by atoms with E-state index in [0.29, 0.717) is 0 Å². The third-order valence-electron chi connectivity index (χ3n) is 10.7. The molecule has 6 nitrogen and oxygen atoms in total. The van der Waals surface area contributed by atoms with Crippen molar-refractivity contribution < 1.29 is 19.1 Å². The highest BCUT2D eigenvalue weighted by Crippen LogP contribution is 2.34. The molecule has 0 aromatic heterocycles. The number of allylic oxidation sites excluding steroid dienone is 2. The second kappa shape index (κ2) is 24.6. The molecule has 0 aliphatic heterocycles. The van der Waals surface area contributed by atoms with Gasteiger partial charge in [0.15, 0.2) is 0 Å². The van der Waals surface area contributed by atoms with Crippen LogP contribution in [0.25, 0.3) is 11.1 Å². The first-order chi connectivity index (χ1) is 28.2. The lowest BCUT2D eigenvalue weighted by Crippen LogP contribution is -2.25. The molecule has 0 saturated carbocycles. The number of rotatable bonds is 26. The first kappa shape index (κ1) is 45.6. The first-order valence-electron chi connectivity index (χ1n) is 21.7. The maximum atomic E-state index is 13.6. The van der Waals surface area contributed by atoms with Crippen LogP contribution >= 0.6 is 0 Å². The van der Waals surface area contributed by atoms with E-state index in [9.17, 15) is 9.59 Å². The van der Waals surface area contributed by atoms with Crippen LogP contribution in [0.2, 0.25) is 0 Å². The summed E-state index contributed by atoms with van der Waals surface area (Å²) in [6, 6.07) is 34.0. The Bertz CT molecular complexity index is 1740. The average molecular weight is 785 g/mol. The Morgan fingerprint density at radius 2 is 0.828 bits per heavy atom. The monoisotopic (exact) mass is 785 g/mol. The predicted molar refractivity (Wildman–Crippen MR) is 245 cm³/mol. The number of ketones is 2. The van der Waals surface area contributed by atoms with E-state index in [1.54, 1.807) is 14.2 Å². The van der Waals surface area contributed by atoms with Crippen molar-refractivity contribution in [2.45, 2.75) is 98.8 Å². The zero-order chi connectivity index (χ0) is 41.7. The molecule has 0 radical (unpaired) electrons. The molecule has 0 saturated heterocycles. The van der Waals surface area contributed by atoms with Gasteiger partial charge in [-0.25, -0.2) is 0 Å². The zero-order valence-corrected chi connectivity index (χ0v) is 36.4. The highest BCUT2D eigenvalue weighted by Gasteiger charge is 2.18. The van der Waals surface area contributed by atoms with Crippen LogP contribution in [0.15, 0.2) is 109 Å². The smallest absolute Gasteiger partial charge is 0.141 e. The van der Waals surface area contributed by atoms with Crippen LogP contribution in [0, 0.1) is 5.92 Å². The quantitative estimate of drug-likeness (QED) is 0.0591. The van der Waals surface area contributed by atoms with Crippen LogP contribution in [0.3, 0.4) is 0 Å². The molecule has 0 atom stereocenters. The second-order valence-electron chi connectivity index (χ2n) is 15.4. The second-order valence-corrected chi connectivity index (χ2v) is 15.4. The Labute approximate surface area is 350 Å². The molecule has 4 rings (SSSR count). The Kier molecular flexibility index (Phi) is 19.4. The van der Waals surface area contributed by atoms with Gasteiger partial charge < -0.3 is 19.3 Å². The molecule has 58 heavy (non-hydrogen) atoms. The van der Waals surface area contributed by atoms with Gasteiger partial charge >= 0.3 is 0 Å². The number of Topliss-reactive ketones (excluding diaryl/α,β-unsaturated/α-hetero) is 2. The molecular formula is C52H68N2O4. The maximum absolute atomic E-state index is 13.6. The fraction of sp³-hybridized carbons (Fsp3) is 0.423. The van der Waals surface area contributed by atoms with Crippen molar-refractivity contribution in [1.29, 1.82) is 0 Å². The van der Waals surface area contributed by atoms with Crippen LogP contribution < -0.4 is 19.3 Å². The molecule has 4 aromatic rings. The molecule has 0 aliphatic carbocycles. The fourth-order valence-electron chi connectivity index (χ4n) is 7.31. The van der Waals surface area contributed by atoms with E-state index in [1.807, 2.05) is 24.3 Å². The standard InChI is InChI=1S/C52H68N2O4/c1-8-12-32-53(33-13-9-2)46-24-16-42(17-25-46)51(44-20-28-49(57-6)29-21-44)38-41(37-48(56)36-40(5)55)39-52(45-22-30-50(58-7)31-23-45)43-18-26-47(27-19-43)54(34-14-10-3)35-15-11-4/h16-31,38-39,41H,8-15,32-37H2,1-7H3/b51-38+,52-39+. The van der Waals surface area contributed by atoms with E-state index >= 15 is 0 Å². The van der Waals surface area contributed by atoms with Gasteiger partial charge in [-0.05, 0) is 115 Å². The Morgan fingerprint density at radius 3 is 1.10 bits per heavy atom. The number of unbranched alkanes of at least 4 members (excludes halogenated alkanes) is 4. The van der Waals surface area contributed by atoms with Crippen molar-refractivity contribution in [3.63, 3.8) is 0 Å². The van der Waals surface area contributed by atoms with E-state index < -0.39 is 0 Å². The molecule has 6 heteroatoms. The van der Waals surface area contributed by atoms with Gasteiger partial charge in [0.05, 0.1) is 20.6 Å². The van der Waals surface area contributed by atoms with Crippen molar-refractivity contribution in [3.8, 4) is 11.5 Å². The third-order valence-corrected chi connectivity index (χ3v) is 10.7. The molecule has 0 unspecified atom stereocenters. The van der Waals surface area contributed by atoms with E-state index in [0.717, 1.165) is 122 Å². The molecule has 0 aliphatic rings. The summed E-state index contributed by atoms with van der Waals surface area (Å²) in [5, 5.41) is 0. The number of anilines is 2. The molecule has 4 aromatic carbocycles. The van der Waals surface area contributed by atoms with Crippen molar-refractivity contribution in [2.75, 3.05) is 50.2 Å². The molecular weight excluding hydrogens is 717 g/mol. The lowest BCUT2D eigenvalue weighted by Gasteiger charge is -2.25. The summed E-state index contributed by atoms with van der Waals surface area (Å²) in [5.41, 5.74) is 8.66. The number of benzene rings is 4. The van der Waals surface area contributed by atoms with Gasteiger partial charge in [-0.3, -0.25) is 9.59 Å². The molecule has 0 heterocycles. The van der Waals surface area contributed by atoms with Crippen LogP contribution in [0.1, 0.15) is 121 Å². The van der Waals surface area contributed by atoms with Crippen LogP contribution in [0.5, 0.6) is 11.5 Å². The van der Waals surface area contributed by atoms with Crippen LogP contribution in [-0.2, 0) is 9.59 Å². The number of hydrogen-bond acceptors (Lipinski definition) is 6. The molecule has 0 bridgehead atoms. The highest BCUT2D eigenvalue weighted by atomic mass is 16.5. The van der Waals surface area contributed by atoms with Crippen molar-refractivity contribution in [2.24, 2.45) is 5.92 Å². The van der Waals surface area contributed by atoms with Gasteiger partial charge in [-0.1, -0.05) is 114 Å². The molecule has 0 fully saturated rings. The van der Waals surface area contributed by atoms with E-state index in [2.05, 4.69) is 122 Å². The summed E-state index contributed by atoms with van der Waals surface area (Å²) in [5.74, 6) is 1.03. The number of hydrogen-bond donors (Lipinski definition) is 0. The minimum absolute atomic E-state index is 0.0798. The summed E-state index contributed by atoms with van der Waals surface area (Å²) < 4.78 is 11.1. The van der Waals surface area contributed by atoms with Crippen molar-refractivity contribution >= 4 is 34.1 Å². The largest absolute Gasteiger partial charge is 0.497 e. The SMILES string of the molecule is CCCCN(CCCC)c1ccc(/C(=C\C(/C=C(/c2ccc(OC)cc2)c2ccc(N(CCCC)CCCC)cc2)CC(=O)CC(C)=O)c2ccc(OC)cc2)cc1. The van der Waals surface area contributed by atoms with E-state index in [-0.39, 0.29) is 30.3 Å². The molecule has 0 spiro atoms. The van der Waals surface area contributed by atoms with E-state index in [1.165, 1.54) is 18.3 Å². The average Bonchev–Trinajstić information content (AvgIpc) is 3.25. The lowest BCUT2D eigenvalue weighted by atomic mass is 9.87. The van der Waals surface area contributed by atoms with Crippen LogP contribution in [0.4, 0.5) is 11.4 Å². The first-order valence-corrected chi connectivity index (χ1v) is 21.7. The Balaban J connectivity index is 1.90. The van der Waals surface area contributed by atoms with Gasteiger partial charge in [-0.2, -0.15) is 0 Å². The minimum Gasteiger partial charge on any atom is -0.497 e. The van der Waals surface area contributed by atoms with Gasteiger partial charge in [0.25, 0.3) is 0 Å². The van der Waals surface area contributed by atoms with Crippen molar-refractivity contribution in [1.82, 2.24) is 0 Å². The van der Waals surface area contributed by atoms with Gasteiger partial charge in [0, 0.05) is 49.9 Å². The summed E-state index contributed by atoms with van der Waals surface area (Å²) in [4.78, 5) is 30.8. The fourth-order valence-corrected chi connectivity index (χ4v) is 7.31. The topological polar surface area (TPSA) is 59.1 Å². The molecule has 0 amide bonds. The van der Waals surface area contributed by atoms with Gasteiger partial charge in [-0.15, -0.1) is 0 Å². The van der Waals surface area contributed by atoms with Crippen molar-refractivity contribution in [3.05, 3.63) is 131 Å². The predicted octanol–water partition coefficient (Wildman–Crippen LogP) is 12.6. The maximum Gasteiger partial charge on any atom is 0.141 e. The summed E-state index contributed by atoms with van der Waals surface area (Å²) >= 11 is 0. The normalized spacial score (nSPS) is 12.3. The number of carbonyl (C=O) groups excluding carboxylic acids is 2. The summed E-state index contributed by atoms with van der Waals surface area (Å²) in [7, 11) is 3.35. The number of nitrogens with zero attached hydrogens (tertiary/aromatic N) is 2. The Morgan fingerprint density at radius 1 is 0.517 bits per heavy atom. The Hall–Kier alpha value is -5.10. The van der Waals surface area contributed by atoms with Gasteiger partial charge in [0.1, 0.15) is 23.1 Å². The number of methoxy groups -OCH3 is 2. The summed E-state index contributed by atoms with van der Waals surface area (Å²) in [6.45, 7) is 14.6. The third kappa shape index (κ3) is 14.1. The van der Waals surface area contributed by atoms with E-state index in [4.69, 9.17) is 9.47 Å². The number of ether oxygens (including phenoxy) is 2. The van der Waals surface area contributed by atoms with Crippen LogP contribution in [-0.4, -0.2) is 52.0 Å². The minimum atomic E-state index is -0.323. The molecule has 310 valence electrons. The lowest BCUT2D eigenvalue weighted by molar-refractivity contribution is -0.126. The van der Waals surface area contributed by atoms with Gasteiger partial charge in [0.2, 0.25) is 0 Å². The molecule has 0 N–H and O–H groups in total. The number of carbonyl (C=O) groups is 2. The highest BCUT2D eigenvalue weighted by molar-refractivity contribution is 5.98. The summed E-state index contributed by atoms with van der Waals surface area (Å²) in [6.07, 6.45) is 13.8.